The number of nitrogens with two attached hydrogens (primary N) is 1. The van der Waals surface area contributed by atoms with Gasteiger partial charge in [-0.05, 0) is 53.7 Å². The van der Waals surface area contributed by atoms with Gasteiger partial charge in [0.25, 0.3) is 5.91 Å². The minimum Gasteiger partial charge on any atom is -0.493 e. The van der Waals surface area contributed by atoms with Gasteiger partial charge in [-0.15, -0.1) is 0 Å². The Hall–Kier alpha value is -2.77. The van der Waals surface area contributed by atoms with E-state index in [-0.39, 0.29) is 11.0 Å². The Morgan fingerprint density at radius 1 is 1.19 bits per heavy atom. The van der Waals surface area contributed by atoms with Gasteiger partial charge in [0.1, 0.15) is 6.61 Å². The van der Waals surface area contributed by atoms with Crippen LogP contribution in [0.2, 0.25) is 5.02 Å². The van der Waals surface area contributed by atoms with Crippen molar-refractivity contribution in [3.8, 4) is 11.5 Å². The van der Waals surface area contributed by atoms with E-state index in [1.807, 2.05) is 30.3 Å². The van der Waals surface area contributed by atoms with Crippen LogP contribution in [0.15, 0.2) is 48.5 Å². The van der Waals surface area contributed by atoms with Crippen LogP contribution in [-0.2, 0) is 11.4 Å². The van der Waals surface area contributed by atoms with Crippen LogP contribution < -0.4 is 26.1 Å². The van der Waals surface area contributed by atoms with Crippen molar-refractivity contribution in [1.82, 2.24) is 10.9 Å². The summed E-state index contributed by atoms with van der Waals surface area (Å²) in [5, 5.41) is 0.658. The molecule has 0 bridgehead atoms. The topological polar surface area (TPSA) is 85.6 Å². The standard InChI is InChI=1S/C18H18ClN3O3S/c1-24-16-10-12(5-9-17(23)21-22-18(20)26)4-8-15(16)25-11-13-2-6-14(19)7-3-13/h2-10H,11H2,1H3,(H,21,23)(H3,20,22,26)/b9-5+. The lowest BCUT2D eigenvalue weighted by Gasteiger charge is -2.11. The molecule has 136 valence electrons. The maximum Gasteiger partial charge on any atom is 0.262 e. The van der Waals surface area contributed by atoms with Gasteiger partial charge >= 0.3 is 0 Å². The summed E-state index contributed by atoms with van der Waals surface area (Å²) in [6, 6.07) is 12.8. The number of thiocarbonyl (C=S) groups is 1. The molecule has 0 saturated carbocycles. The molecule has 0 aromatic heterocycles. The third kappa shape index (κ3) is 6.27. The first kappa shape index (κ1) is 19.6. The highest BCUT2D eigenvalue weighted by Crippen LogP contribution is 2.29. The molecule has 8 heteroatoms. The number of rotatable bonds is 6. The quantitative estimate of drug-likeness (QED) is 0.399. The van der Waals surface area contributed by atoms with Crippen LogP contribution in [-0.4, -0.2) is 18.1 Å². The van der Waals surface area contributed by atoms with Gasteiger partial charge in [0, 0.05) is 11.1 Å². The van der Waals surface area contributed by atoms with E-state index in [0.29, 0.717) is 23.1 Å². The fraction of sp³-hybridized carbons (Fsp3) is 0.111. The molecule has 2 aromatic carbocycles. The maximum absolute atomic E-state index is 11.6. The molecule has 2 rings (SSSR count). The molecular formula is C18H18ClN3O3S. The number of hydrogen-bond donors (Lipinski definition) is 3. The van der Waals surface area contributed by atoms with Crippen LogP contribution in [0.1, 0.15) is 11.1 Å². The van der Waals surface area contributed by atoms with E-state index in [2.05, 4.69) is 23.1 Å². The highest BCUT2D eigenvalue weighted by atomic mass is 35.5. The molecule has 0 fully saturated rings. The van der Waals surface area contributed by atoms with Gasteiger partial charge in [-0.3, -0.25) is 15.6 Å². The number of halogens is 1. The third-order valence-electron chi connectivity index (χ3n) is 3.23. The van der Waals surface area contributed by atoms with Crippen LogP contribution in [0.25, 0.3) is 6.08 Å². The van der Waals surface area contributed by atoms with E-state index >= 15 is 0 Å². The molecule has 1 amide bonds. The van der Waals surface area contributed by atoms with Gasteiger partial charge in [0.05, 0.1) is 7.11 Å². The van der Waals surface area contributed by atoms with E-state index in [1.54, 1.807) is 25.3 Å². The summed E-state index contributed by atoms with van der Waals surface area (Å²) in [7, 11) is 1.55. The Balaban J connectivity index is 2.00. The summed E-state index contributed by atoms with van der Waals surface area (Å²) in [5.41, 5.74) is 11.7. The third-order valence-corrected chi connectivity index (χ3v) is 3.59. The van der Waals surface area contributed by atoms with E-state index in [9.17, 15) is 4.79 Å². The van der Waals surface area contributed by atoms with Gasteiger partial charge in [-0.25, -0.2) is 0 Å². The Morgan fingerprint density at radius 3 is 2.58 bits per heavy atom. The summed E-state index contributed by atoms with van der Waals surface area (Å²) in [6.07, 6.45) is 2.97. The highest BCUT2D eigenvalue weighted by molar-refractivity contribution is 7.80. The SMILES string of the molecule is COc1cc(/C=C/C(=O)NNC(N)=S)ccc1OCc1ccc(Cl)cc1. The number of ether oxygens (including phenoxy) is 2. The van der Waals surface area contributed by atoms with Crippen LogP contribution in [0.5, 0.6) is 11.5 Å². The predicted molar refractivity (Wildman–Crippen MR) is 106 cm³/mol. The number of benzene rings is 2. The summed E-state index contributed by atoms with van der Waals surface area (Å²) in [6.45, 7) is 0.385. The molecule has 0 radical (unpaired) electrons. The number of amides is 1. The molecule has 0 spiro atoms. The second-order valence-electron chi connectivity index (χ2n) is 5.14. The zero-order valence-electron chi connectivity index (χ0n) is 14.0. The Kier molecular flexibility index (Phi) is 7.25. The first-order chi connectivity index (χ1) is 12.5. The number of methoxy groups -OCH3 is 1. The van der Waals surface area contributed by atoms with E-state index in [4.69, 9.17) is 26.8 Å². The van der Waals surface area contributed by atoms with Gasteiger partial charge < -0.3 is 15.2 Å². The normalized spacial score (nSPS) is 10.4. The first-order valence-electron chi connectivity index (χ1n) is 7.56. The monoisotopic (exact) mass is 391 g/mol. The highest BCUT2D eigenvalue weighted by Gasteiger charge is 2.06. The van der Waals surface area contributed by atoms with Gasteiger partial charge in [-0.2, -0.15) is 0 Å². The Morgan fingerprint density at radius 2 is 1.92 bits per heavy atom. The summed E-state index contributed by atoms with van der Waals surface area (Å²) < 4.78 is 11.1. The number of carbonyl (C=O) groups is 1. The molecular weight excluding hydrogens is 374 g/mol. The van der Waals surface area contributed by atoms with E-state index in [1.165, 1.54) is 6.08 Å². The average Bonchev–Trinajstić information content (AvgIpc) is 2.64. The number of hydrazine groups is 1. The summed E-state index contributed by atoms with van der Waals surface area (Å²) in [4.78, 5) is 11.6. The Bertz CT molecular complexity index is 810. The van der Waals surface area contributed by atoms with Crippen LogP contribution in [0.4, 0.5) is 0 Å². The smallest absolute Gasteiger partial charge is 0.262 e. The first-order valence-corrected chi connectivity index (χ1v) is 8.35. The second-order valence-corrected chi connectivity index (χ2v) is 6.01. The van der Waals surface area contributed by atoms with Crippen molar-refractivity contribution in [3.63, 3.8) is 0 Å². The fourth-order valence-corrected chi connectivity index (χ4v) is 2.16. The summed E-state index contributed by atoms with van der Waals surface area (Å²) in [5.74, 6) is 0.766. The molecule has 0 aliphatic heterocycles. The van der Waals surface area contributed by atoms with Gasteiger partial charge in [0.15, 0.2) is 16.6 Å². The summed E-state index contributed by atoms with van der Waals surface area (Å²) >= 11 is 10.5. The van der Waals surface area contributed by atoms with Gasteiger partial charge in [-0.1, -0.05) is 29.8 Å². The van der Waals surface area contributed by atoms with Crippen molar-refractivity contribution < 1.29 is 14.3 Å². The lowest BCUT2D eigenvalue weighted by atomic mass is 10.2. The van der Waals surface area contributed by atoms with Gasteiger partial charge in [0.2, 0.25) is 0 Å². The van der Waals surface area contributed by atoms with Crippen molar-refractivity contribution in [2.24, 2.45) is 5.73 Å². The lowest BCUT2D eigenvalue weighted by Crippen LogP contribution is -2.43. The van der Waals surface area contributed by atoms with Crippen molar-refractivity contribution in [1.29, 1.82) is 0 Å². The van der Waals surface area contributed by atoms with Crippen molar-refractivity contribution in [2.75, 3.05) is 7.11 Å². The fourth-order valence-electron chi connectivity index (χ4n) is 1.99. The molecule has 26 heavy (non-hydrogen) atoms. The molecule has 0 heterocycles. The molecule has 6 nitrogen and oxygen atoms in total. The zero-order chi connectivity index (χ0) is 18.9. The molecule has 0 saturated heterocycles. The predicted octanol–water partition coefficient (Wildman–Crippen LogP) is 2.81. The molecule has 2 aromatic rings. The Labute approximate surface area is 161 Å². The lowest BCUT2D eigenvalue weighted by molar-refractivity contribution is -0.116. The minimum atomic E-state index is -0.389. The van der Waals surface area contributed by atoms with E-state index < -0.39 is 0 Å². The van der Waals surface area contributed by atoms with Crippen molar-refractivity contribution >= 4 is 40.9 Å². The van der Waals surface area contributed by atoms with E-state index in [0.717, 1.165) is 11.1 Å². The van der Waals surface area contributed by atoms with Crippen molar-refractivity contribution in [3.05, 3.63) is 64.7 Å². The number of hydrogen-bond acceptors (Lipinski definition) is 4. The van der Waals surface area contributed by atoms with Crippen molar-refractivity contribution in [2.45, 2.75) is 6.61 Å². The second kappa shape index (κ2) is 9.65. The molecule has 0 unspecified atom stereocenters. The maximum atomic E-state index is 11.6. The molecule has 0 atom stereocenters. The van der Waals surface area contributed by atoms with Crippen LogP contribution in [0, 0.1) is 0 Å². The largest absolute Gasteiger partial charge is 0.493 e. The van der Waals surface area contributed by atoms with Crippen LogP contribution in [0.3, 0.4) is 0 Å². The molecule has 4 N–H and O–H groups in total. The number of nitrogens with one attached hydrogen (secondary N) is 2. The van der Waals surface area contributed by atoms with Crippen LogP contribution >= 0.6 is 23.8 Å². The minimum absolute atomic E-state index is 0.0180. The molecule has 0 aliphatic carbocycles. The zero-order valence-corrected chi connectivity index (χ0v) is 15.6. The molecule has 0 aliphatic rings. The number of carbonyl (C=O) groups excluding carboxylic acids is 1. The average molecular weight is 392 g/mol.